The fourth-order valence-corrected chi connectivity index (χ4v) is 5.06. The first kappa shape index (κ1) is 34.5. The maximum absolute atomic E-state index is 13.1. The van der Waals surface area contributed by atoms with Crippen molar-refractivity contribution in [2.45, 2.75) is 44.2 Å². The van der Waals surface area contributed by atoms with Crippen LogP contribution in [0.3, 0.4) is 0 Å². The van der Waals surface area contributed by atoms with Gasteiger partial charge in [0, 0.05) is 36.1 Å². The number of aliphatic hydroxyl groups is 3. The van der Waals surface area contributed by atoms with Crippen molar-refractivity contribution in [1.82, 2.24) is 29.5 Å². The highest BCUT2D eigenvalue weighted by Gasteiger charge is 2.33. The van der Waals surface area contributed by atoms with E-state index in [1.807, 2.05) is 36.0 Å². The third-order valence-electron chi connectivity index (χ3n) is 6.65. The Hall–Kier alpha value is -3.42. The average Bonchev–Trinajstić information content (AvgIpc) is 3.78. The van der Waals surface area contributed by atoms with Crippen molar-refractivity contribution in [3.05, 3.63) is 54.1 Å². The van der Waals surface area contributed by atoms with Crippen LogP contribution >= 0.6 is 19.2 Å². The summed E-state index contributed by atoms with van der Waals surface area (Å²) in [7, 11) is -4.62. The number of aromatic nitrogens is 6. The molecular formula is C26H35N8O9PS. The van der Waals surface area contributed by atoms with Gasteiger partial charge in [0.25, 0.3) is 5.91 Å². The van der Waals surface area contributed by atoms with E-state index < -0.39 is 45.8 Å². The van der Waals surface area contributed by atoms with E-state index in [2.05, 4.69) is 24.9 Å². The molecule has 1 fully saturated rings. The SMILES string of the molecule is CCOC1CC(n2cc(NC(=O)c3csc(-c4cnn(COP(=O)(O)O)c4)n3)c(-c3ccccn3)n2)C1.NC(CO)(CO)CO. The Balaban J connectivity index is 0.000000510. The number of carbonyl (C=O) groups excluding carboxylic acids is 1. The molecule has 244 valence electrons. The maximum Gasteiger partial charge on any atom is 0.471 e. The minimum absolute atomic E-state index is 0.182. The van der Waals surface area contributed by atoms with Crippen LogP contribution in [0.1, 0.15) is 36.3 Å². The van der Waals surface area contributed by atoms with Crippen molar-refractivity contribution in [3.8, 4) is 22.0 Å². The summed E-state index contributed by atoms with van der Waals surface area (Å²) >= 11 is 1.24. The van der Waals surface area contributed by atoms with E-state index in [0.29, 0.717) is 34.3 Å². The molecule has 17 nitrogen and oxygen atoms in total. The Morgan fingerprint density at radius 2 is 1.93 bits per heavy atom. The molecule has 0 aromatic carbocycles. The molecule has 8 N–H and O–H groups in total. The number of aliphatic hydroxyl groups excluding tert-OH is 3. The summed E-state index contributed by atoms with van der Waals surface area (Å²) in [6, 6.07) is 5.69. The number of ether oxygens (including phenoxy) is 1. The van der Waals surface area contributed by atoms with E-state index in [-0.39, 0.29) is 17.8 Å². The van der Waals surface area contributed by atoms with Gasteiger partial charge in [-0.3, -0.25) is 19.0 Å². The van der Waals surface area contributed by atoms with Gasteiger partial charge in [-0.2, -0.15) is 10.2 Å². The smallest absolute Gasteiger partial charge is 0.394 e. The van der Waals surface area contributed by atoms with Gasteiger partial charge in [0.2, 0.25) is 0 Å². The zero-order valence-corrected chi connectivity index (χ0v) is 25.9. The molecule has 0 unspecified atom stereocenters. The Labute approximate surface area is 261 Å². The molecule has 0 bridgehead atoms. The van der Waals surface area contributed by atoms with Gasteiger partial charge in [0.1, 0.15) is 16.4 Å². The Morgan fingerprint density at radius 3 is 2.53 bits per heavy atom. The maximum atomic E-state index is 13.1. The molecule has 45 heavy (non-hydrogen) atoms. The van der Waals surface area contributed by atoms with Gasteiger partial charge in [0.15, 0.2) is 6.73 Å². The molecule has 1 saturated carbocycles. The van der Waals surface area contributed by atoms with Crippen molar-refractivity contribution in [2.75, 3.05) is 31.7 Å². The van der Waals surface area contributed by atoms with Gasteiger partial charge < -0.3 is 40.9 Å². The molecule has 4 aromatic heterocycles. The lowest BCUT2D eigenvalue weighted by Crippen LogP contribution is -2.50. The number of amides is 1. The van der Waals surface area contributed by atoms with Crippen molar-refractivity contribution in [2.24, 2.45) is 5.73 Å². The van der Waals surface area contributed by atoms with Crippen molar-refractivity contribution < 1.29 is 43.7 Å². The van der Waals surface area contributed by atoms with Crippen LogP contribution in [0.15, 0.2) is 48.4 Å². The first-order chi connectivity index (χ1) is 21.5. The van der Waals surface area contributed by atoms with Crippen molar-refractivity contribution in [1.29, 1.82) is 0 Å². The molecule has 0 saturated heterocycles. The quantitative estimate of drug-likeness (QED) is 0.0983. The molecule has 1 amide bonds. The number of rotatable bonds is 13. The van der Waals surface area contributed by atoms with Gasteiger partial charge in [0.05, 0.1) is 55.1 Å². The van der Waals surface area contributed by atoms with Crippen LogP contribution in [0.5, 0.6) is 0 Å². The summed E-state index contributed by atoms with van der Waals surface area (Å²) in [5.41, 5.74) is 6.46. The van der Waals surface area contributed by atoms with Gasteiger partial charge >= 0.3 is 7.82 Å². The summed E-state index contributed by atoms with van der Waals surface area (Å²) in [6.07, 6.45) is 8.41. The van der Waals surface area contributed by atoms with E-state index in [0.717, 1.165) is 12.8 Å². The molecule has 4 aromatic rings. The highest BCUT2D eigenvalue weighted by Crippen LogP contribution is 2.37. The van der Waals surface area contributed by atoms with E-state index in [1.165, 1.54) is 28.4 Å². The number of phosphoric acid groups is 1. The lowest BCUT2D eigenvalue weighted by Gasteiger charge is -2.34. The molecule has 19 heteroatoms. The van der Waals surface area contributed by atoms with E-state index in [1.54, 1.807) is 11.6 Å². The second-order valence-corrected chi connectivity index (χ2v) is 12.2. The molecule has 1 aliphatic rings. The van der Waals surface area contributed by atoms with Crippen LogP contribution in [-0.4, -0.2) is 98.6 Å². The van der Waals surface area contributed by atoms with Crippen LogP contribution in [0.25, 0.3) is 22.0 Å². The number of anilines is 1. The van der Waals surface area contributed by atoms with Crippen LogP contribution in [0.2, 0.25) is 0 Å². The third kappa shape index (κ3) is 9.30. The largest absolute Gasteiger partial charge is 0.471 e. The van der Waals surface area contributed by atoms with Crippen LogP contribution in [0, 0.1) is 0 Å². The standard InChI is InChI=1S/C22H24N7O6PS.C4H11NO3/c1-2-34-16-7-15(8-16)29-11-18(20(27-29)17-5-3-4-6-23-17)25-21(30)19-12-37-22(26-19)14-9-24-28(10-14)13-35-36(31,32)33;5-4(1-6,2-7)3-8/h3-6,9-12,15-16H,2,7-8,13H2,1H3,(H,25,30)(H2,31,32,33);6-8H,1-3,5H2. The number of thiazole rings is 1. The predicted molar refractivity (Wildman–Crippen MR) is 162 cm³/mol. The highest BCUT2D eigenvalue weighted by atomic mass is 32.1. The van der Waals surface area contributed by atoms with Crippen LogP contribution in [-0.2, 0) is 20.6 Å². The molecule has 0 spiro atoms. The molecule has 4 heterocycles. The average molecular weight is 667 g/mol. The number of phosphoric ester groups is 1. The summed E-state index contributed by atoms with van der Waals surface area (Å²) in [5, 5.41) is 38.8. The normalized spacial score (nSPS) is 16.5. The number of nitrogens with zero attached hydrogens (tertiary/aromatic N) is 6. The third-order valence-corrected chi connectivity index (χ3v) is 8.00. The Kier molecular flexibility index (Phi) is 11.7. The van der Waals surface area contributed by atoms with Gasteiger partial charge in [-0.05, 0) is 31.9 Å². The van der Waals surface area contributed by atoms with Crippen LogP contribution < -0.4 is 11.1 Å². The van der Waals surface area contributed by atoms with E-state index in [9.17, 15) is 9.36 Å². The van der Waals surface area contributed by atoms with E-state index in [4.69, 9.17) is 40.7 Å². The Bertz CT molecular complexity index is 1570. The Morgan fingerprint density at radius 1 is 1.20 bits per heavy atom. The fourth-order valence-electron chi connectivity index (χ4n) is 4.01. The zero-order valence-electron chi connectivity index (χ0n) is 24.2. The molecule has 0 radical (unpaired) electrons. The summed E-state index contributed by atoms with van der Waals surface area (Å²) in [6.45, 7) is 1.02. The summed E-state index contributed by atoms with van der Waals surface area (Å²) in [5.74, 6) is -0.405. The van der Waals surface area contributed by atoms with Crippen molar-refractivity contribution >= 4 is 30.8 Å². The lowest BCUT2D eigenvalue weighted by atomic mass is 9.89. The number of pyridine rings is 1. The highest BCUT2D eigenvalue weighted by molar-refractivity contribution is 7.46. The number of hydrogen-bond donors (Lipinski definition) is 7. The fraction of sp³-hybridized carbons (Fsp3) is 0.423. The number of hydrogen-bond acceptors (Lipinski definition) is 13. The molecule has 5 rings (SSSR count). The molecular weight excluding hydrogens is 631 g/mol. The minimum atomic E-state index is -4.62. The summed E-state index contributed by atoms with van der Waals surface area (Å²) in [4.78, 5) is 39.6. The van der Waals surface area contributed by atoms with Crippen molar-refractivity contribution in [3.63, 3.8) is 0 Å². The first-order valence-corrected chi connectivity index (χ1v) is 16.1. The van der Waals surface area contributed by atoms with E-state index >= 15 is 0 Å². The molecule has 0 atom stereocenters. The molecule has 1 aliphatic carbocycles. The zero-order chi connectivity index (χ0) is 32.6. The van der Waals surface area contributed by atoms with Gasteiger partial charge in [-0.25, -0.2) is 14.2 Å². The number of nitrogens with two attached hydrogens (primary N) is 1. The summed E-state index contributed by atoms with van der Waals surface area (Å²) < 4.78 is 24.1. The van der Waals surface area contributed by atoms with Gasteiger partial charge in [-0.15, -0.1) is 11.3 Å². The predicted octanol–water partition coefficient (Wildman–Crippen LogP) is 0.985. The van der Waals surface area contributed by atoms with Gasteiger partial charge in [-0.1, -0.05) is 6.07 Å². The topological polar surface area (TPSA) is 253 Å². The minimum Gasteiger partial charge on any atom is -0.394 e. The second kappa shape index (κ2) is 15.2. The first-order valence-electron chi connectivity index (χ1n) is 13.7. The number of nitrogens with one attached hydrogen (secondary N) is 1. The molecule has 0 aliphatic heterocycles. The van der Waals surface area contributed by atoms with Crippen LogP contribution in [0.4, 0.5) is 5.69 Å². The second-order valence-electron chi connectivity index (χ2n) is 10.1. The lowest BCUT2D eigenvalue weighted by molar-refractivity contribution is -0.0226. The number of carbonyl (C=O) groups is 1. The monoisotopic (exact) mass is 666 g/mol.